The van der Waals surface area contributed by atoms with E-state index in [-0.39, 0.29) is 34.4 Å². The molecule has 0 atom stereocenters. The third kappa shape index (κ3) is 5.55. The van der Waals surface area contributed by atoms with E-state index in [2.05, 4.69) is 15.3 Å². The van der Waals surface area contributed by atoms with Crippen LogP contribution in [0.5, 0.6) is 11.5 Å². The Morgan fingerprint density at radius 3 is 2.06 bits per heavy atom. The Morgan fingerprint density at radius 1 is 0.943 bits per heavy atom. The average Bonchev–Trinajstić information content (AvgIpc) is 2.82. The topological polar surface area (TPSA) is 73.3 Å². The van der Waals surface area contributed by atoms with Gasteiger partial charge in [-0.3, -0.25) is 4.79 Å². The number of benzene rings is 2. The predicted octanol–water partition coefficient (Wildman–Crippen LogP) is 6.68. The van der Waals surface area contributed by atoms with E-state index in [1.807, 2.05) is 45.9 Å². The summed E-state index contributed by atoms with van der Waals surface area (Å²) in [5.74, 6) is -1.06. The molecule has 1 N–H and O–H groups in total. The second-order valence-corrected chi connectivity index (χ2v) is 8.60. The first-order chi connectivity index (χ1) is 16.5. The molecule has 0 aliphatic heterocycles. The lowest BCUT2D eigenvalue weighted by atomic mass is 9.92. The number of anilines is 1. The van der Waals surface area contributed by atoms with Crippen molar-refractivity contribution in [2.24, 2.45) is 0 Å². The van der Waals surface area contributed by atoms with Gasteiger partial charge in [-0.05, 0) is 41.2 Å². The summed E-state index contributed by atoms with van der Waals surface area (Å²) in [6.45, 7) is 8.02. The molecule has 0 aliphatic rings. The van der Waals surface area contributed by atoms with Crippen LogP contribution in [0.3, 0.4) is 0 Å². The molecule has 0 saturated heterocycles. The number of nitrogens with zero attached hydrogens (tertiary/aromatic N) is 2. The molecule has 0 aliphatic carbocycles. The number of methoxy groups -OCH3 is 2. The summed E-state index contributed by atoms with van der Waals surface area (Å²) in [7, 11) is 2.86. The fraction of sp³-hybridized carbons (Fsp3) is 0.346. The molecule has 3 aromatic rings. The Balaban J connectivity index is 2.17. The summed E-state index contributed by atoms with van der Waals surface area (Å²) in [4.78, 5) is 20.6. The summed E-state index contributed by atoms with van der Waals surface area (Å²) in [5.41, 5.74) is 2.47. The quantitative estimate of drug-likeness (QED) is 0.403. The van der Waals surface area contributed by atoms with Gasteiger partial charge in [-0.25, -0.2) is 9.97 Å². The zero-order valence-electron chi connectivity index (χ0n) is 20.4. The van der Waals surface area contributed by atoms with E-state index < -0.39 is 17.9 Å². The van der Waals surface area contributed by atoms with E-state index in [0.717, 1.165) is 17.3 Å². The second-order valence-electron chi connectivity index (χ2n) is 8.60. The Labute approximate surface area is 202 Å². The molecule has 186 valence electrons. The van der Waals surface area contributed by atoms with E-state index in [1.54, 1.807) is 0 Å². The number of hydrogen-bond acceptors (Lipinski definition) is 5. The number of alkyl halides is 3. The molecular weight excluding hydrogens is 459 g/mol. The van der Waals surface area contributed by atoms with Crippen LogP contribution in [0.1, 0.15) is 66.8 Å². The molecule has 0 spiro atoms. The third-order valence-electron chi connectivity index (χ3n) is 5.56. The predicted molar refractivity (Wildman–Crippen MR) is 128 cm³/mol. The van der Waals surface area contributed by atoms with Crippen LogP contribution >= 0.6 is 0 Å². The second kappa shape index (κ2) is 10.3. The van der Waals surface area contributed by atoms with Crippen LogP contribution < -0.4 is 14.8 Å². The fourth-order valence-electron chi connectivity index (χ4n) is 3.76. The van der Waals surface area contributed by atoms with E-state index >= 15 is 0 Å². The summed E-state index contributed by atoms with van der Waals surface area (Å²) < 4.78 is 50.8. The van der Waals surface area contributed by atoms with Crippen molar-refractivity contribution in [3.8, 4) is 22.8 Å². The van der Waals surface area contributed by atoms with Crippen molar-refractivity contribution >= 4 is 11.6 Å². The van der Waals surface area contributed by atoms with Crippen LogP contribution in [0.15, 0.2) is 42.6 Å². The minimum absolute atomic E-state index is 0.0986. The molecule has 1 aromatic heterocycles. The van der Waals surface area contributed by atoms with Crippen LogP contribution in [-0.2, 0) is 6.18 Å². The van der Waals surface area contributed by atoms with E-state index in [1.165, 1.54) is 32.4 Å². The highest BCUT2D eigenvalue weighted by Crippen LogP contribution is 2.36. The molecular formula is C26H28F3N3O3. The maximum Gasteiger partial charge on any atom is 0.451 e. The van der Waals surface area contributed by atoms with Gasteiger partial charge in [0.2, 0.25) is 5.82 Å². The van der Waals surface area contributed by atoms with Crippen molar-refractivity contribution in [1.29, 1.82) is 0 Å². The highest BCUT2D eigenvalue weighted by Gasteiger charge is 2.36. The normalized spacial score (nSPS) is 11.6. The minimum Gasteiger partial charge on any atom is -0.493 e. The number of amides is 1. The van der Waals surface area contributed by atoms with E-state index in [0.29, 0.717) is 11.4 Å². The number of carbonyl (C=O) groups is 1. The highest BCUT2D eigenvalue weighted by molar-refractivity contribution is 6.08. The van der Waals surface area contributed by atoms with Crippen molar-refractivity contribution in [3.63, 3.8) is 0 Å². The van der Waals surface area contributed by atoms with Gasteiger partial charge in [-0.1, -0.05) is 45.9 Å². The van der Waals surface area contributed by atoms with Gasteiger partial charge in [-0.2, -0.15) is 13.2 Å². The molecule has 35 heavy (non-hydrogen) atoms. The molecule has 0 saturated carbocycles. The number of aromatic nitrogens is 2. The Hall–Kier alpha value is -3.62. The number of hydrogen-bond donors (Lipinski definition) is 1. The largest absolute Gasteiger partial charge is 0.493 e. The zero-order valence-corrected chi connectivity index (χ0v) is 20.4. The van der Waals surface area contributed by atoms with Gasteiger partial charge < -0.3 is 14.8 Å². The molecule has 3 rings (SSSR count). The van der Waals surface area contributed by atoms with Crippen molar-refractivity contribution in [2.75, 3.05) is 19.5 Å². The molecule has 1 amide bonds. The number of nitrogens with one attached hydrogen (secondary N) is 1. The smallest absolute Gasteiger partial charge is 0.451 e. The zero-order chi connectivity index (χ0) is 25.9. The van der Waals surface area contributed by atoms with Gasteiger partial charge in [0.15, 0.2) is 11.5 Å². The molecule has 0 radical (unpaired) electrons. The van der Waals surface area contributed by atoms with Crippen LogP contribution in [0, 0.1) is 0 Å². The van der Waals surface area contributed by atoms with Gasteiger partial charge in [0.05, 0.1) is 25.5 Å². The molecule has 6 nitrogen and oxygen atoms in total. The van der Waals surface area contributed by atoms with Gasteiger partial charge >= 0.3 is 6.18 Å². The SMILES string of the molecule is COc1ccc(-c2nc(C(F)(F)F)ncc2C(=O)Nc2c(C(C)C)cccc2C(C)C)cc1OC. The van der Waals surface area contributed by atoms with Crippen LogP contribution in [0.4, 0.5) is 18.9 Å². The maximum absolute atomic E-state index is 13.5. The Bertz CT molecular complexity index is 1200. The first kappa shape index (κ1) is 26.0. The number of para-hydroxylation sites is 1. The molecule has 9 heteroatoms. The lowest BCUT2D eigenvalue weighted by Gasteiger charge is -2.21. The van der Waals surface area contributed by atoms with Gasteiger partial charge in [0, 0.05) is 17.4 Å². The summed E-state index contributed by atoms with van der Waals surface area (Å²) in [5, 5.41) is 2.92. The van der Waals surface area contributed by atoms with Crippen molar-refractivity contribution < 1.29 is 27.4 Å². The standard InChI is InChI=1S/C26H28F3N3O3/c1-14(2)17-8-7-9-18(15(3)4)23(17)31-24(33)19-13-30-25(26(27,28)29)32-22(19)16-10-11-20(34-5)21(12-16)35-6/h7-15H,1-6H3,(H,31,33). The first-order valence-corrected chi connectivity index (χ1v) is 11.1. The fourth-order valence-corrected chi connectivity index (χ4v) is 3.76. The van der Waals surface area contributed by atoms with E-state index in [4.69, 9.17) is 9.47 Å². The molecule has 0 bridgehead atoms. The van der Waals surface area contributed by atoms with Crippen LogP contribution in [-0.4, -0.2) is 30.1 Å². The molecule has 0 fully saturated rings. The van der Waals surface area contributed by atoms with Crippen LogP contribution in [0.2, 0.25) is 0 Å². The van der Waals surface area contributed by atoms with Crippen molar-refractivity contribution in [2.45, 2.75) is 45.7 Å². The molecule has 1 heterocycles. The summed E-state index contributed by atoms with van der Waals surface area (Å²) in [6, 6.07) is 10.3. The lowest BCUT2D eigenvalue weighted by molar-refractivity contribution is -0.144. The third-order valence-corrected chi connectivity index (χ3v) is 5.56. The van der Waals surface area contributed by atoms with Gasteiger partial charge in [0.1, 0.15) is 0 Å². The number of rotatable bonds is 7. The highest BCUT2D eigenvalue weighted by atomic mass is 19.4. The average molecular weight is 488 g/mol. The molecule has 2 aromatic carbocycles. The minimum atomic E-state index is -4.78. The number of ether oxygens (including phenoxy) is 2. The van der Waals surface area contributed by atoms with Gasteiger partial charge in [0.25, 0.3) is 5.91 Å². The summed E-state index contributed by atoms with van der Waals surface area (Å²) in [6.07, 6.45) is -3.88. The van der Waals surface area contributed by atoms with Crippen molar-refractivity contribution in [1.82, 2.24) is 9.97 Å². The monoisotopic (exact) mass is 487 g/mol. The van der Waals surface area contributed by atoms with Gasteiger partial charge in [-0.15, -0.1) is 0 Å². The lowest BCUT2D eigenvalue weighted by Crippen LogP contribution is -2.20. The summed E-state index contributed by atoms with van der Waals surface area (Å²) >= 11 is 0. The molecule has 0 unspecified atom stereocenters. The van der Waals surface area contributed by atoms with Crippen LogP contribution in [0.25, 0.3) is 11.3 Å². The van der Waals surface area contributed by atoms with E-state index in [9.17, 15) is 18.0 Å². The Kier molecular flexibility index (Phi) is 7.67. The number of carbonyl (C=O) groups excluding carboxylic acids is 1. The maximum atomic E-state index is 13.5. The van der Waals surface area contributed by atoms with Crippen molar-refractivity contribution in [3.05, 3.63) is 65.1 Å². The number of halogens is 3. The Morgan fingerprint density at radius 2 is 1.54 bits per heavy atom. The first-order valence-electron chi connectivity index (χ1n) is 11.1.